The van der Waals surface area contributed by atoms with Crippen molar-refractivity contribution in [1.82, 2.24) is 10.3 Å². The maximum absolute atomic E-state index is 13.3. The Hall–Kier alpha value is -1.81. The molecule has 0 saturated heterocycles. The molecule has 1 aromatic heterocycles. The van der Waals surface area contributed by atoms with Crippen molar-refractivity contribution in [2.75, 3.05) is 6.54 Å². The lowest BCUT2D eigenvalue weighted by Crippen LogP contribution is -2.23. The number of hydrogen-bond donors (Lipinski definition) is 1. The van der Waals surface area contributed by atoms with Crippen molar-refractivity contribution in [2.45, 2.75) is 13.0 Å². The summed E-state index contributed by atoms with van der Waals surface area (Å²) in [7, 11) is 0. The Kier molecular flexibility index (Phi) is 3.99. The molecular weight excluding hydrogens is 234 g/mol. The van der Waals surface area contributed by atoms with Crippen LogP contribution in [0.1, 0.15) is 24.2 Å². The summed E-state index contributed by atoms with van der Waals surface area (Å²) >= 11 is 0. The molecule has 1 N–H and O–H groups in total. The summed E-state index contributed by atoms with van der Waals surface area (Å²) < 4.78 is 26.2. The van der Waals surface area contributed by atoms with Crippen molar-refractivity contribution >= 4 is 0 Å². The van der Waals surface area contributed by atoms with Gasteiger partial charge in [0.25, 0.3) is 0 Å². The number of halogens is 2. The second-order valence-corrected chi connectivity index (χ2v) is 3.92. The number of benzene rings is 1. The van der Waals surface area contributed by atoms with Gasteiger partial charge < -0.3 is 5.32 Å². The molecule has 1 atom stereocenters. The standard InChI is InChI=1S/C14H14F2N2/c1-2-17-14(13-5-3-4-8-18-13)10-6-7-11(15)12(16)9-10/h3-9,14,17H,2H2,1H3. The second kappa shape index (κ2) is 5.69. The minimum atomic E-state index is -0.841. The van der Waals surface area contributed by atoms with E-state index in [9.17, 15) is 8.78 Å². The first-order valence-corrected chi connectivity index (χ1v) is 5.81. The summed E-state index contributed by atoms with van der Waals surface area (Å²) in [5.74, 6) is -1.68. The first-order chi connectivity index (χ1) is 8.72. The zero-order chi connectivity index (χ0) is 13.0. The molecule has 2 aromatic rings. The molecule has 0 spiro atoms. The van der Waals surface area contributed by atoms with E-state index in [-0.39, 0.29) is 6.04 Å². The van der Waals surface area contributed by atoms with Crippen molar-refractivity contribution in [1.29, 1.82) is 0 Å². The van der Waals surface area contributed by atoms with Crippen molar-refractivity contribution in [3.63, 3.8) is 0 Å². The van der Waals surface area contributed by atoms with E-state index in [4.69, 9.17) is 0 Å². The summed E-state index contributed by atoms with van der Waals surface area (Å²) in [4.78, 5) is 4.25. The van der Waals surface area contributed by atoms with E-state index >= 15 is 0 Å². The average molecular weight is 248 g/mol. The fourth-order valence-corrected chi connectivity index (χ4v) is 1.84. The Morgan fingerprint density at radius 2 is 2.00 bits per heavy atom. The van der Waals surface area contributed by atoms with Gasteiger partial charge >= 0.3 is 0 Å². The third-order valence-electron chi connectivity index (χ3n) is 2.67. The third-order valence-corrected chi connectivity index (χ3v) is 2.67. The van der Waals surface area contributed by atoms with E-state index in [1.165, 1.54) is 6.07 Å². The highest BCUT2D eigenvalue weighted by Gasteiger charge is 2.15. The molecule has 4 heteroatoms. The van der Waals surface area contributed by atoms with Gasteiger partial charge in [-0.3, -0.25) is 4.98 Å². The second-order valence-electron chi connectivity index (χ2n) is 3.92. The lowest BCUT2D eigenvalue weighted by molar-refractivity contribution is 0.503. The largest absolute Gasteiger partial charge is 0.305 e. The molecule has 1 aromatic carbocycles. The predicted molar refractivity (Wildman–Crippen MR) is 66.1 cm³/mol. The van der Waals surface area contributed by atoms with Gasteiger partial charge in [-0.1, -0.05) is 19.1 Å². The highest BCUT2D eigenvalue weighted by Crippen LogP contribution is 2.21. The van der Waals surface area contributed by atoms with E-state index < -0.39 is 11.6 Å². The third kappa shape index (κ3) is 2.71. The number of nitrogens with one attached hydrogen (secondary N) is 1. The number of pyridine rings is 1. The Balaban J connectivity index is 2.38. The fraction of sp³-hybridized carbons (Fsp3) is 0.214. The number of rotatable bonds is 4. The first kappa shape index (κ1) is 12.6. The quantitative estimate of drug-likeness (QED) is 0.899. The van der Waals surface area contributed by atoms with Crippen molar-refractivity contribution in [3.8, 4) is 0 Å². The lowest BCUT2D eigenvalue weighted by atomic mass is 10.0. The predicted octanol–water partition coefficient (Wildman–Crippen LogP) is 3.06. The van der Waals surface area contributed by atoms with Gasteiger partial charge in [-0.2, -0.15) is 0 Å². The molecular formula is C14H14F2N2. The summed E-state index contributed by atoms with van der Waals surface area (Å²) in [6.07, 6.45) is 1.68. The fourth-order valence-electron chi connectivity index (χ4n) is 1.84. The monoisotopic (exact) mass is 248 g/mol. The van der Waals surface area contributed by atoms with Crippen LogP contribution < -0.4 is 5.32 Å². The Bertz CT molecular complexity index is 514. The van der Waals surface area contributed by atoms with E-state index in [0.29, 0.717) is 12.1 Å². The molecule has 0 amide bonds. The highest BCUT2D eigenvalue weighted by molar-refractivity contribution is 5.28. The zero-order valence-electron chi connectivity index (χ0n) is 10.0. The maximum Gasteiger partial charge on any atom is 0.159 e. The van der Waals surface area contributed by atoms with Crippen LogP contribution in [-0.2, 0) is 0 Å². The summed E-state index contributed by atoms with van der Waals surface area (Å²) in [6.45, 7) is 2.66. The van der Waals surface area contributed by atoms with Gasteiger partial charge in [0.1, 0.15) is 0 Å². The van der Waals surface area contributed by atoms with Gasteiger partial charge in [0.15, 0.2) is 11.6 Å². The molecule has 1 unspecified atom stereocenters. The Morgan fingerprint density at radius 3 is 2.61 bits per heavy atom. The van der Waals surface area contributed by atoms with E-state index in [1.807, 2.05) is 25.1 Å². The van der Waals surface area contributed by atoms with Crippen LogP contribution in [0.2, 0.25) is 0 Å². The number of aromatic nitrogens is 1. The highest BCUT2D eigenvalue weighted by atomic mass is 19.2. The summed E-state index contributed by atoms with van der Waals surface area (Å²) in [5, 5.41) is 3.21. The molecule has 0 bridgehead atoms. The minimum absolute atomic E-state index is 0.230. The smallest absolute Gasteiger partial charge is 0.159 e. The molecule has 18 heavy (non-hydrogen) atoms. The summed E-state index contributed by atoms with van der Waals surface area (Å²) in [5.41, 5.74) is 1.44. The van der Waals surface area contributed by atoms with Crippen LogP contribution in [0.4, 0.5) is 8.78 Å². The van der Waals surface area contributed by atoms with Gasteiger partial charge in [-0.05, 0) is 36.4 Å². The van der Waals surface area contributed by atoms with E-state index in [0.717, 1.165) is 11.8 Å². The van der Waals surface area contributed by atoms with E-state index in [2.05, 4.69) is 10.3 Å². The van der Waals surface area contributed by atoms with Crippen molar-refractivity contribution in [2.24, 2.45) is 0 Å². The molecule has 0 saturated carbocycles. The van der Waals surface area contributed by atoms with Gasteiger partial charge in [0.05, 0.1) is 11.7 Å². The van der Waals surface area contributed by atoms with Crippen LogP contribution in [0, 0.1) is 11.6 Å². The zero-order valence-corrected chi connectivity index (χ0v) is 10.0. The molecule has 0 aliphatic carbocycles. The van der Waals surface area contributed by atoms with Crippen LogP contribution in [0.3, 0.4) is 0 Å². The molecule has 0 aliphatic rings. The van der Waals surface area contributed by atoms with Gasteiger partial charge in [-0.15, -0.1) is 0 Å². The van der Waals surface area contributed by atoms with Crippen LogP contribution in [-0.4, -0.2) is 11.5 Å². The van der Waals surface area contributed by atoms with E-state index in [1.54, 1.807) is 12.3 Å². The average Bonchev–Trinajstić information content (AvgIpc) is 2.40. The molecule has 1 heterocycles. The molecule has 2 rings (SSSR count). The molecule has 0 fully saturated rings. The Labute approximate surface area is 105 Å². The van der Waals surface area contributed by atoms with Crippen LogP contribution >= 0.6 is 0 Å². The SMILES string of the molecule is CCNC(c1ccc(F)c(F)c1)c1ccccn1. The molecule has 2 nitrogen and oxygen atoms in total. The normalized spacial score (nSPS) is 12.4. The lowest BCUT2D eigenvalue weighted by Gasteiger charge is -2.17. The van der Waals surface area contributed by atoms with Crippen molar-refractivity contribution < 1.29 is 8.78 Å². The topological polar surface area (TPSA) is 24.9 Å². The molecule has 0 aliphatic heterocycles. The van der Waals surface area contributed by atoms with Gasteiger partial charge in [0, 0.05) is 6.20 Å². The minimum Gasteiger partial charge on any atom is -0.305 e. The summed E-state index contributed by atoms with van der Waals surface area (Å²) in [6, 6.07) is 9.22. The Morgan fingerprint density at radius 1 is 1.17 bits per heavy atom. The molecule has 94 valence electrons. The van der Waals surface area contributed by atoms with Crippen LogP contribution in [0.25, 0.3) is 0 Å². The number of hydrogen-bond acceptors (Lipinski definition) is 2. The van der Waals surface area contributed by atoms with Crippen LogP contribution in [0.5, 0.6) is 0 Å². The maximum atomic E-state index is 13.3. The van der Waals surface area contributed by atoms with Crippen molar-refractivity contribution in [3.05, 3.63) is 65.5 Å². The van der Waals surface area contributed by atoms with Gasteiger partial charge in [-0.25, -0.2) is 8.78 Å². The van der Waals surface area contributed by atoms with Crippen LogP contribution in [0.15, 0.2) is 42.6 Å². The molecule has 0 radical (unpaired) electrons. The number of nitrogens with zero attached hydrogens (tertiary/aromatic N) is 1. The van der Waals surface area contributed by atoms with Gasteiger partial charge in [0.2, 0.25) is 0 Å². The first-order valence-electron chi connectivity index (χ1n) is 5.81.